The van der Waals surface area contributed by atoms with Crippen LogP contribution in [0, 0.1) is 0 Å². The lowest BCUT2D eigenvalue weighted by Crippen LogP contribution is -2.18. The van der Waals surface area contributed by atoms with E-state index in [9.17, 15) is 0 Å². The fraction of sp³-hybridized carbons (Fsp3) is 0.455. The van der Waals surface area contributed by atoms with Gasteiger partial charge in [0.15, 0.2) is 0 Å². The lowest BCUT2D eigenvalue weighted by molar-refractivity contribution is 0.0498. The Morgan fingerprint density at radius 1 is 1.23 bits per heavy atom. The highest BCUT2D eigenvalue weighted by Crippen LogP contribution is 2.31. The van der Waals surface area contributed by atoms with Crippen molar-refractivity contribution in [2.75, 3.05) is 6.54 Å². The van der Waals surface area contributed by atoms with E-state index in [0.717, 1.165) is 12.8 Å². The van der Waals surface area contributed by atoms with Crippen LogP contribution in [0.15, 0.2) is 30.3 Å². The summed E-state index contributed by atoms with van der Waals surface area (Å²) >= 11 is 0. The molecule has 0 aromatic heterocycles. The van der Waals surface area contributed by atoms with Gasteiger partial charge in [0.25, 0.3) is 0 Å². The molecule has 1 aliphatic rings. The van der Waals surface area contributed by atoms with Crippen LogP contribution in [0.2, 0.25) is 0 Å². The van der Waals surface area contributed by atoms with Crippen LogP contribution in [-0.4, -0.2) is 12.6 Å². The maximum Gasteiger partial charge on any atom is 0.0830 e. The highest BCUT2D eigenvalue weighted by atomic mass is 16.5. The Hall–Kier alpha value is -0.860. The number of hydrogen-bond acceptors (Lipinski definition) is 2. The van der Waals surface area contributed by atoms with E-state index in [2.05, 4.69) is 24.3 Å². The van der Waals surface area contributed by atoms with Crippen molar-refractivity contribution in [2.24, 2.45) is 5.73 Å². The Labute approximate surface area is 78.7 Å². The largest absolute Gasteiger partial charge is 0.369 e. The van der Waals surface area contributed by atoms with Gasteiger partial charge in [-0.1, -0.05) is 30.3 Å². The van der Waals surface area contributed by atoms with Crippen molar-refractivity contribution in [2.45, 2.75) is 25.0 Å². The Kier molecular flexibility index (Phi) is 2.62. The Morgan fingerprint density at radius 2 is 2.00 bits per heavy atom. The molecule has 0 saturated carbocycles. The molecule has 1 heterocycles. The van der Waals surface area contributed by atoms with Gasteiger partial charge >= 0.3 is 0 Å². The maximum absolute atomic E-state index is 5.77. The van der Waals surface area contributed by atoms with Crippen LogP contribution in [-0.2, 0) is 4.74 Å². The highest BCUT2D eigenvalue weighted by Gasteiger charge is 2.24. The second-order valence-electron chi connectivity index (χ2n) is 3.47. The third kappa shape index (κ3) is 1.90. The van der Waals surface area contributed by atoms with Crippen LogP contribution in [0.25, 0.3) is 0 Å². The number of nitrogens with two attached hydrogens (primary N) is 1. The first-order chi connectivity index (χ1) is 6.40. The fourth-order valence-corrected chi connectivity index (χ4v) is 1.79. The van der Waals surface area contributed by atoms with Crippen molar-refractivity contribution in [3.63, 3.8) is 0 Å². The second kappa shape index (κ2) is 3.90. The summed E-state index contributed by atoms with van der Waals surface area (Å²) in [6.45, 7) is 0.642. The molecule has 2 nitrogen and oxygen atoms in total. The molecule has 70 valence electrons. The van der Waals surface area contributed by atoms with Crippen molar-refractivity contribution in [1.82, 2.24) is 0 Å². The van der Waals surface area contributed by atoms with E-state index in [0.29, 0.717) is 6.54 Å². The van der Waals surface area contributed by atoms with Gasteiger partial charge in [-0.2, -0.15) is 0 Å². The molecule has 1 aliphatic heterocycles. The number of rotatable bonds is 2. The average Bonchev–Trinajstić information content (AvgIpc) is 2.67. The van der Waals surface area contributed by atoms with Gasteiger partial charge in [-0.05, 0) is 18.4 Å². The first-order valence-corrected chi connectivity index (χ1v) is 4.80. The topological polar surface area (TPSA) is 35.2 Å². The molecule has 1 fully saturated rings. The first-order valence-electron chi connectivity index (χ1n) is 4.80. The van der Waals surface area contributed by atoms with E-state index in [1.54, 1.807) is 0 Å². The van der Waals surface area contributed by atoms with Crippen LogP contribution >= 0.6 is 0 Å². The van der Waals surface area contributed by atoms with Gasteiger partial charge in [0, 0.05) is 6.54 Å². The molecule has 0 amide bonds. The van der Waals surface area contributed by atoms with E-state index in [4.69, 9.17) is 10.5 Å². The molecule has 1 saturated heterocycles. The molecule has 2 N–H and O–H groups in total. The highest BCUT2D eigenvalue weighted by molar-refractivity contribution is 5.18. The van der Waals surface area contributed by atoms with Crippen LogP contribution in [0.5, 0.6) is 0 Å². The lowest BCUT2D eigenvalue weighted by atomic mass is 10.1. The van der Waals surface area contributed by atoms with Crippen molar-refractivity contribution in [1.29, 1.82) is 0 Å². The van der Waals surface area contributed by atoms with E-state index >= 15 is 0 Å². The standard InChI is InChI=1S/C11H15NO/c12-8-10-6-7-11(13-10)9-4-2-1-3-5-9/h1-5,10-11H,6-8,12H2/t10-,11+/m0/s1. The SMILES string of the molecule is NC[C@@H]1CC[C@H](c2ccccc2)O1. The molecule has 13 heavy (non-hydrogen) atoms. The van der Waals surface area contributed by atoms with Gasteiger partial charge in [0.05, 0.1) is 12.2 Å². The third-order valence-electron chi connectivity index (χ3n) is 2.54. The molecule has 0 bridgehead atoms. The Bertz CT molecular complexity index is 260. The fourth-order valence-electron chi connectivity index (χ4n) is 1.79. The molecule has 2 heteroatoms. The molecule has 0 aliphatic carbocycles. The summed E-state index contributed by atoms with van der Waals surface area (Å²) in [4.78, 5) is 0. The molecule has 1 aromatic carbocycles. The van der Waals surface area contributed by atoms with Gasteiger partial charge < -0.3 is 10.5 Å². The summed E-state index contributed by atoms with van der Waals surface area (Å²) in [7, 11) is 0. The predicted molar refractivity (Wildman–Crippen MR) is 52.3 cm³/mol. The van der Waals surface area contributed by atoms with Gasteiger partial charge in [0.1, 0.15) is 0 Å². The Balaban J connectivity index is 2.04. The Morgan fingerprint density at radius 3 is 2.62 bits per heavy atom. The monoisotopic (exact) mass is 177 g/mol. The minimum absolute atomic E-state index is 0.269. The van der Waals surface area contributed by atoms with E-state index < -0.39 is 0 Å². The maximum atomic E-state index is 5.77. The molecule has 2 atom stereocenters. The molecule has 0 unspecified atom stereocenters. The van der Waals surface area contributed by atoms with Crippen LogP contribution in [0.1, 0.15) is 24.5 Å². The number of benzene rings is 1. The van der Waals surface area contributed by atoms with Crippen molar-refractivity contribution in [3.8, 4) is 0 Å². The van der Waals surface area contributed by atoms with Gasteiger partial charge in [0.2, 0.25) is 0 Å². The first kappa shape index (κ1) is 8.73. The minimum atomic E-state index is 0.269. The van der Waals surface area contributed by atoms with E-state index in [1.165, 1.54) is 5.56 Å². The van der Waals surface area contributed by atoms with Gasteiger partial charge in [-0.15, -0.1) is 0 Å². The quantitative estimate of drug-likeness (QED) is 0.748. The molecule has 0 spiro atoms. The van der Waals surface area contributed by atoms with Crippen molar-refractivity contribution < 1.29 is 4.74 Å². The summed E-state index contributed by atoms with van der Waals surface area (Å²) < 4.78 is 5.77. The van der Waals surface area contributed by atoms with Crippen LogP contribution in [0.3, 0.4) is 0 Å². The van der Waals surface area contributed by atoms with E-state index in [-0.39, 0.29) is 12.2 Å². The lowest BCUT2D eigenvalue weighted by Gasteiger charge is -2.12. The zero-order valence-corrected chi connectivity index (χ0v) is 7.65. The minimum Gasteiger partial charge on any atom is -0.369 e. The normalized spacial score (nSPS) is 27.8. The zero-order valence-electron chi connectivity index (χ0n) is 7.65. The van der Waals surface area contributed by atoms with Crippen LogP contribution in [0.4, 0.5) is 0 Å². The zero-order chi connectivity index (χ0) is 9.10. The molecule has 0 radical (unpaired) electrons. The summed E-state index contributed by atoms with van der Waals surface area (Å²) in [6, 6.07) is 10.4. The third-order valence-corrected chi connectivity index (χ3v) is 2.54. The number of hydrogen-bond donors (Lipinski definition) is 1. The predicted octanol–water partition coefficient (Wildman–Crippen LogP) is 1.87. The molecular formula is C11H15NO. The molecular weight excluding hydrogens is 162 g/mol. The van der Waals surface area contributed by atoms with E-state index in [1.807, 2.05) is 6.07 Å². The van der Waals surface area contributed by atoms with Gasteiger partial charge in [-0.3, -0.25) is 0 Å². The molecule has 1 aromatic rings. The van der Waals surface area contributed by atoms with Crippen molar-refractivity contribution in [3.05, 3.63) is 35.9 Å². The van der Waals surface area contributed by atoms with Crippen molar-refractivity contribution >= 4 is 0 Å². The summed E-state index contributed by atoms with van der Waals surface area (Å²) in [5.74, 6) is 0. The van der Waals surface area contributed by atoms with Crippen LogP contribution < -0.4 is 5.73 Å². The summed E-state index contributed by atoms with van der Waals surface area (Å²) in [6.07, 6.45) is 2.74. The smallest absolute Gasteiger partial charge is 0.0830 e. The summed E-state index contributed by atoms with van der Waals surface area (Å²) in [5, 5.41) is 0. The molecule has 2 rings (SSSR count). The second-order valence-corrected chi connectivity index (χ2v) is 3.47. The number of ether oxygens (including phenoxy) is 1. The summed E-state index contributed by atoms with van der Waals surface area (Å²) in [5.41, 5.74) is 6.83. The van der Waals surface area contributed by atoms with Gasteiger partial charge in [-0.25, -0.2) is 0 Å². The average molecular weight is 177 g/mol.